The lowest BCUT2D eigenvalue weighted by Gasteiger charge is -2.17. The number of nitrogens with two attached hydrogens (primary N) is 1. The SMILES string of the molecule is CCCCC(CN)NC(=O)c1cccc(OC)c1O. The summed E-state index contributed by atoms with van der Waals surface area (Å²) in [4.78, 5) is 12.1. The maximum atomic E-state index is 12.1. The molecule has 0 aliphatic rings. The molecule has 1 amide bonds. The van der Waals surface area contributed by atoms with E-state index in [2.05, 4.69) is 12.2 Å². The first kappa shape index (κ1) is 15.3. The van der Waals surface area contributed by atoms with Crippen LogP contribution in [0.15, 0.2) is 18.2 Å². The largest absolute Gasteiger partial charge is 0.504 e. The number of nitrogens with one attached hydrogen (secondary N) is 1. The monoisotopic (exact) mass is 266 g/mol. The molecule has 5 heteroatoms. The molecule has 5 nitrogen and oxygen atoms in total. The number of benzene rings is 1. The Morgan fingerprint density at radius 3 is 2.84 bits per heavy atom. The summed E-state index contributed by atoms with van der Waals surface area (Å²) in [5, 5.41) is 12.7. The molecule has 0 aliphatic carbocycles. The third kappa shape index (κ3) is 4.13. The van der Waals surface area contributed by atoms with Crippen LogP contribution in [-0.4, -0.2) is 30.7 Å². The minimum absolute atomic E-state index is 0.0712. The number of carbonyl (C=O) groups excluding carboxylic acids is 1. The Balaban J connectivity index is 2.77. The van der Waals surface area contributed by atoms with Crippen molar-refractivity contribution in [1.29, 1.82) is 0 Å². The van der Waals surface area contributed by atoms with E-state index >= 15 is 0 Å². The fourth-order valence-corrected chi connectivity index (χ4v) is 1.83. The molecule has 1 aromatic carbocycles. The molecular formula is C14H22N2O3. The third-order valence-corrected chi connectivity index (χ3v) is 2.99. The van der Waals surface area contributed by atoms with Gasteiger partial charge in [0, 0.05) is 12.6 Å². The average Bonchev–Trinajstić information content (AvgIpc) is 2.43. The number of amides is 1. The van der Waals surface area contributed by atoms with Crippen LogP contribution < -0.4 is 15.8 Å². The number of unbranched alkanes of at least 4 members (excludes halogenated alkanes) is 1. The van der Waals surface area contributed by atoms with Gasteiger partial charge in [-0.1, -0.05) is 25.8 Å². The maximum absolute atomic E-state index is 12.1. The van der Waals surface area contributed by atoms with Crippen LogP contribution >= 0.6 is 0 Å². The zero-order chi connectivity index (χ0) is 14.3. The highest BCUT2D eigenvalue weighted by molar-refractivity contribution is 5.97. The highest BCUT2D eigenvalue weighted by Crippen LogP contribution is 2.29. The normalized spacial score (nSPS) is 11.9. The van der Waals surface area contributed by atoms with Gasteiger partial charge >= 0.3 is 0 Å². The van der Waals surface area contributed by atoms with E-state index in [1.54, 1.807) is 18.2 Å². The van der Waals surface area contributed by atoms with Crippen molar-refractivity contribution in [3.8, 4) is 11.5 Å². The van der Waals surface area contributed by atoms with E-state index in [1.165, 1.54) is 7.11 Å². The second-order valence-corrected chi connectivity index (χ2v) is 4.40. The van der Waals surface area contributed by atoms with Crippen molar-refractivity contribution in [3.63, 3.8) is 0 Å². The van der Waals surface area contributed by atoms with Crippen LogP contribution in [0.1, 0.15) is 36.5 Å². The Morgan fingerprint density at radius 2 is 2.26 bits per heavy atom. The second-order valence-electron chi connectivity index (χ2n) is 4.40. The molecule has 0 aromatic heterocycles. The summed E-state index contributed by atoms with van der Waals surface area (Å²) in [6.07, 6.45) is 2.90. The Kier molecular flexibility index (Phi) is 6.15. The number of carbonyl (C=O) groups is 1. The molecule has 4 N–H and O–H groups in total. The van der Waals surface area contributed by atoms with Crippen LogP contribution in [-0.2, 0) is 0 Å². The van der Waals surface area contributed by atoms with Crippen LogP contribution in [0.3, 0.4) is 0 Å². The molecule has 0 saturated heterocycles. The van der Waals surface area contributed by atoms with E-state index in [4.69, 9.17) is 10.5 Å². The van der Waals surface area contributed by atoms with Crippen molar-refractivity contribution in [2.24, 2.45) is 5.73 Å². The fourth-order valence-electron chi connectivity index (χ4n) is 1.83. The number of hydrogen-bond donors (Lipinski definition) is 3. The summed E-state index contributed by atoms with van der Waals surface area (Å²) in [6.45, 7) is 2.47. The van der Waals surface area contributed by atoms with Gasteiger partial charge in [0.2, 0.25) is 0 Å². The minimum atomic E-state index is -0.331. The lowest BCUT2D eigenvalue weighted by Crippen LogP contribution is -2.40. The number of ether oxygens (including phenoxy) is 1. The Morgan fingerprint density at radius 1 is 1.53 bits per heavy atom. The summed E-state index contributed by atoms with van der Waals surface area (Å²) in [5.74, 6) is -0.192. The number of methoxy groups -OCH3 is 1. The lowest BCUT2D eigenvalue weighted by atomic mass is 10.1. The Bertz CT molecular complexity index is 421. The Labute approximate surface area is 113 Å². The van der Waals surface area contributed by atoms with Crippen molar-refractivity contribution < 1.29 is 14.6 Å². The summed E-state index contributed by atoms with van der Waals surface area (Å²) in [5.41, 5.74) is 5.84. The van der Waals surface area contributed by atoms with Crippen LogP contribution in [0.4, 0.5) is 0 Å². The molecule has 0 spiro atoms. The van der Waals surface area contributed by atoms with Crippen molar-refractivity contribution in [1.82, 2.24) is 5.32 Å². The van der Waals surface area contributed by atoms with Gasteiger partial charge in [-0.25, -0.2) is 0 Å². The van der Waals surface area contributed by atoms with Crippen molar-refractivity contribution >= 4 is 5.91 Å². The van der Waals surface area contributed by atoms with Crippen molar-refractivity contribution in [3.05, 3.63) is 23.8 Å². The quantitative estimate of drug-likeness (QED) is 0.700. The van der Waals surface area contributed by atoms with E-state index in [0.717, 1.165) is 19.3 Å². The molecule has 19 heavy (non-hydrogen) atoms. The first-order valence-electron chi connectivity index (χ1n) is 6.50. The van der Waals surface area contributed by atoms with E-state index in [1.807, 2.05) is 0 Å². The van der Waals surface area contributed by atoms with Crippen molar-refractivity contribution in [2.45, 2.75) is 32.2 Å². The van der Waals surface area contributed by atoms with E-state index < -0.39 is 0 Å². The topological polar surface area (TPSA) is 84.6 Å². The number of rotatable bonds is 7. The van der Waals surface area contributed by atoms with Gasteiger partial charge in [-0.05, 0) is 18.6 Å². The minimum Gasteiger partial charge on any atom is -0.504 e. The van der Waals surface area contributed by atoms with Crippen LogP contribution in [0, 0.1) is 0 Å². The average molecular weight is 266 g/mol. The van der Waals surface area contributed by atoms with Gasteiger partial charge in [-0.3, -0.25) is 4.79 Å². The van der Waals surface area contributed by atoms with E-state index in [0.29, 0.717) is 6.54 Å². The third-order valence-electron chi connectivity index (χ3n) is 2.99. The summed E-state index contributed by atoms with van der Waals surface area (Å²) < 4.78 is 4.98. The number of hydrogen-bond acceptors (Lipinski definition) is 4. The summed E-state index contributed by atoms with van der Waals surface area (Å²) >= 11 is 0. The zero-order valence-corrected chi connectivity index (χ0v) is 11.5. The highest BCUT2D eigenvalue weighted by atomic mass is 16.5. The smallest absolute Gasteiger partial charge is 0.255 e. The van der Waals surface area contributed by atoms with Crippen LogP contribution in [0.25, 0.3) is 0 Å². The number of phenols is 1. The number of phenolic OH excluding ortho intramolecular Hbond substituents is 1. The molecule has 1 rings (SSSR count). The van der Waals surface area contributed by atoms with Gasteiger partial charge in [0.1, 0.15) is 0 Å². The molecule has 1 aromatic rings. The number of aromatic hydroxyl groups is 1. The molecule has 0 radical (unpaired) electrons. The van der Waals surface area contributed by atoms with Gasteiger partial charge in [0.05, 0.1) is 12.7 Å². The van der Waals surface area contributed by atoms with E-state index in [-0.39, 0.29) is 29.0 Å². The maximum Gasteiger partial charge on any atom is 0.255 e. The standard InChI is InChI=1S/C14H22N2O3/c1-3-4-6-10(9-15)16-14(18)11-7-5-8-12(19-2)13(11)17/h5,7-8,10,17H,3-4,6,9,15H2,1-2H3,(H,16,18). The van der Waals surface area contributed by atoms with Gasteiger partial charge in [-0.15, -0.1) is 0 Å². The van der Waals surface area contributed by atoms with Gasteiger partial charge in [-0.2, -0.15) is 0 Å². The molecular weight excluding hydrogens is 244 g/mol. The molecule has 0 aliphatic heterocycles. The summed E-state index contributed by atoms with van der Waals surface area (Å²) in [6, 6.07) is 4.75. The highest BCUT2D eigenvalue weighted by Gasteiger charge is 2.17. The molecule has 1 unspecified atom stereocenters. The predicted octanol–water partition coefficient (Wildman–Crippen LogP) is 1.65. The first-order chi connectivity index (χ1) is 9.13. The number of para-hydroxylation sites is 1. The van der Waals surface area contributed by atoms with Crippen LogP contribution in [0.5, 0.6) is 11.5 Å². The van der Waals surface area contributed by atoms with Gasteiger partial charge < -0.3 is 20.9 Å². The van der Waals surface area contributed by atoms with Gasteiger partial charge in [0.15, 0.2) is 11.5 Å². The van der Waals surface area contributed by atoms with E-state index in [9.17, 15) is 9.90 Å². The fraction of sp³-hybridized carbons (Fsp3) is 0.500. The van der Waals surface area contributed by atoms with Crippen molar-refractivity contribution in [2.75, 3.05) is 13.7 Å². The molecule has 106 valence electrons. The first-order valence-corrected chi connectivity index (χ1v) is 6.50. The molecule has 0 bridgehead atoms. The Hall–Kier alpha value is -1.75. The molecule has 1 atom stereocenters. The van der Waals surface area contributed by atoms with Crippen LogP contribution in [0.2, 0.25) is 0 Å². The molecule has 0 saturated carbocycles. The molecule has 0 fully saturated rings. The predicted molar refractivity (Wildman–Crippen MR) is 74.5 cm³/mol. The van der Waals surface area contributed by atoms with Gasteiger partial charge in [0.25, 0.3) is 5.91 Å². The lowest BCUT2D eigenvalue weighted by molar-refractivity contribution is 0.0932. The zero-order valence-electron chi connectivity index (χ0n) is 11.5. The molecule has 0 heterocycles. The second kappa shape index (κ2) is 7.63. The summed E-state index contributed by atoms with van der Waals surface area (Å²) in [7, 11) is 1.45.